The summed E-state index contributed by atoms with van der Waals surface area (Å²) >= 11 is 13.9. The Bertz CT molecular complexity index is 1260. The number of benzene rings is 2. The zero-order chi connectivity index (χ0) is 26.1. The van der Waals surface area contributed by atoms with Crippen molar-refractivity contribution in [2.75, 3.05) is 19.0 Å². The molecule has 3 amide bonds. The first-order chi connectivity index (χ1) is 17.2. The van der Waals surface area contributed by atoms with E-state index in [4.69, 9.17) is 37.1 Å². The van der Waals surface area contributed by atoms with Crippen LogP contribution < -0.4 is 25.5 Å². The lowest BCUT2D eigenvalue weighted by Crippen LogP contribution is -2.37. The fourth-order valence-electron chi connectivity index (χ4n) is 2.79. The van der Waals surface area contributed by atoms with Crippen LogP contribution in [0.2, 0.25) is 10.0 Å². The first-order valence-electron chi connectivity index (χ1n) is 10.1. The molecule has 0 saturated heterocycles. The van der Waals surface area contributed by atoms with Gasteiger partial charge in [-0.1, -0.05) is 23.2 Å². The van der Waals surface area contributed by atoms with Gasteiger partial charge in [0.1, 0.15) is 5.76 Å². The summed E-state index contributed by atoms with van der Waals surface area (Å²) in [5.41, 5.74) is 3.14. The van der Waals surface area contributed by atoms with Crippen molar-refractivity contribution < 1.29 is 28.3 Å². The van der Waals surface area contributed by atoms with Crippen LogP contribution in [-0.4, -0.2) is 37.7 Å². The third-order valence-corrected chi connectivity index (χ3v) is 5.57. The van der Waals surface area contributed by atoms with E-state index < -0.39 is 17.7 Å². The molecule has 13 heteroatoms. The van der Waals surface area contributed by atoms with Crippen LogP contribution in [-0.2, 0) is 20.9 Å². The highest BCUT2D eigenvalue weighted by atomic mass is 127. The molecule has 1 aromatic heterocycles. The van der Waals surface area contributed by atoms with Crippen molar-refractivity contribution in [3.8, 4) is 11.5 Å². The number of anilines is 1. The van der Waals surface area contributed by atoms with E-state index in [9.17, 15) is 14.4 Å². The molecule has 3 aromatic rings. The number of amides is 3. The number of rotatable bonds is 9. The van der Waals surface area contributed by atoms with Crippen molar-refractivity contribution in [2.24, 2.45) is 5.10 Å². The predicted molar refractivity (Wildman–Crippen MR) is 143 cm³/mol. The number of halogens is 3. The number of carbonyl (C=O) groups is 3. The van der Waals surface area contributed by atoms with E-state index >= 15 is 0 Å². The second-order valence-corrected chi connectivity index (χ2v) is 9.03. The molecule has 10 nitrogen and oxygen atoms in total. The van der Waals surface area contributed by atoms with E-state index in [1.165, 1.54) is 19.6 Å². The predicted octanol–water partition coefficient (Wildman–Crippen LogP) is 3.98. The van der Waals surface area contributed by atoms with E-state index in [1.54, 1.807) is 42.5 Å². The minimum atomic E-state index is -0.938. The molecule has 3 rings (SSSR count). The second-order valence-electron chi connectivity index (χ2n) is 6.99. The summed E-state index contributed by atoms with van der Waals surface area (Å²) in [7, 11) is 1.44. The van der Waals surface area contributed by atoms with E-state index in [1.807, 2.05) is 22.6 Å². The molecule has 0 aliphatic carbocycles. The lowest BCUT2D eigenvalue weighted by Gasteiger charge is -2.13. The number of hydrogen-bond acceptors (Lipinski definition) is 7. The van der Waals surface area contributed by atoms with Crippen LogP contribution in [0.5, 0.6) is 11.5 Å². The summed E-state index contributed by atoms with van der Waals surface area (Å²) in [6.07, 6.45) is 2.80. The Kier molecular flexibility index (Phi) is 9.96. The monoisotopic (exact) mass is 644 g/mol. The van der Waals surface area contributed by atoms with Gasteiger partial charge in [-0.3, -0.25) is 14.4 Å². The molecule has 0 unspecified atom stereocenters. The summed E-state index contributed by atoms with van der Waals surface area (Å²) in [6.45, 7) is -0.224. The van der Waals surface area contributed by atoms with Crippen molar-refractivity contribution in [3.05, 3.63) is 73.7 Å². The quantitative estimate of drug-likeness (QED) is 0.140. The van der Waals surface area contributed by atoms with Gasteiger partial charge in [-0.05, 0) is 70.6 Å². The van der Waals surface area contributed by atoms with Crippen LogP contribution in [0, 0.1) is 3.57 Å². The standard InChI is InChI=1S/C23H19Cl2IN4O6/c1-34-19-6-13(10-28-30-23(33)22(32)27-11-17-3-2-4-35-17)5-18(26)21(19)36-12-20(31)29-16-8-14(24)7-15(25)9-16/h2-10H,11-12H2,1H3,(H,27,32)(H,29,31)(H,30,33)/b28-10-. The third-order valence-electron chi connectivity index (χ3n) is 4.33. The zero-order valence-electron chi connectivity index (χ0n) is 18.6. The fraction of sp³-hybridized carbons (Fsp3) is 0.130. The summed E-state index contributed by atoms with van der Waals surface area (Å²) < 4.78 is 16.7. The molecule has 1 heterocycles. The van der Waals surface area contributed by atoms with Crippen LogP contribution in [0.25, 0.3) is 0 Å². The Morgan fingerprint density at radius 1 is 1.11 bits per heavy atom. The topological polar surface area (TPSA) is 131 Å². The van der Waals surface area contributed by atoms with Crippen LogP contribution in [0.15, 0.2) is 58.2 Å². The lowest BCUT2D eigenvalue weighted by atomic mass is 10.2. The van der Waals surface area contributed by atoms with Gasteiger partial charge in [0.25, 0.3) is 5.91 Å². The van der Waals surface area contributed by atoms with Gasteiger partial charge in [0.15, 0.2) is 18.1 Å². The Balaban J connectivity index is 1.56. The second kappa shape index (κ2) is 13.1. The van der Waals surface area contributed by atoms with Crippen LogP contribution in [0.4, 0.5) is 5.69 Å². The number of carbonyl (C=O) groups excluding carboxylic acids is 3. The smallest absolute Gasteiger partial charge is 0.329 e. The number of nitrogens with zero attached hydrogens (tertiary/aromatic N) is 1. The number of methoxy groups -OCH3 is 1. The minimum Gasteiger partial charge on any atom is -0.493 e. The highest BCUT2D eigenvalue weighted by molar-refractivity contribution is 14.1. The van der Waals surface area contributed by atoms with Gasteiger partial charge in [-0.15, -0.1) is 0 Å². The number of ether oxygens (including phenoxy) is 2. The number of nitrogens with one attached hydrogen (secondary N) is 3. The summed E-state index contributed by atoms with van der Waals surface area (Å²) in [5, 5.41) is 9.63. The molecule has 0 atom stereocenters. The normalized spacial score (nSPS) is 10.7. The molecule has 0 aliphatic rings. The van der Waals surface area contributed by atoms with Gasteiger partial charge in [-0.25, -0.2) is 5.43 Å². The molecule has 3 N–H and O–H groups in total. The van der Waals surface area contributed by atoms with Gasteiger partial charge in [0.05, 0.1) is 29.7 Å². The van der Waals surface area contributed by atoms with Gasteiger partial charge >= 0.3 is 11.8 Å². The molecule has 0 saturated carbocycles. The maximum absolute atomic E-state index is 12.3. The first-order valence-corrected chi connectivity index (χ1v) is 12.0. The Hall–Kier alpha value is -3.29. The van der Waals surface area contributed by atoms with Crippen molar-refractivity contribution in [3.63, 3.8) is 0 Å². The molecule has 36 heavy (non-hydrogen) atoms. The van der Waals surface area contributed by atoms with Crippen molar-refractivity contribution in [2.45, 2.75) is 6.54 Å². The maximum atomic E-state index is 12.3. The molecule has 0 radical (unpaired) electrons. The van der Waals surface area contributed by atoms with Crippen LogP contribution >= 0.6 is 45.8 Å². The van der Waals surface area contributed by atoms with E-state index in [0.717, 1.165) is 0 Å². The van der Waals surface area contributed by atoms with E-state index in [2.05, 4.69) is 21.2 Å². The largest absolute Gasteiger partial charge is 0.493 e. The third kappa shape index (κ3) is 8.14. The fourth-order valence-corrected chi connectivity index (χ4v) is 4.10. The van der Waals surface area contributed by atoms with Crippen LogP contribution in [0.1, 0.15) is 11.3 Å². The molecule has 0 fully saturated rings. The molecular formula is C23H19Cl2IN4O6. The average Bonchev–Trinajstić information content (AvgIpc) is 3.34. The summed E-state index contributed by atoms with van der Waals surface area (Å²) in [4.78, 5) is 36.0. The highest BCUT2D eigenvalue weighted by Crippen LogP contribution is 2.33. The average molecular weight is 645 g/mol. The Morgan fingerprint density at radius 3 is 2.53 bits per heavy atom. The van der Waals surface area contributed by atoms with Gasteiger partial charge < -0.3 is 24.5 Å². The SMILES string of the molecule is COc1cc(/C=N\NC(=O)C(=O)NCc2ccco2)cc(I)c1OCC(=O)Nc1cc(Cl)cc(Cl)c1. The zero-order valence-corrected chi connectivity index (χ0v) is 22.3. The number of furan rings is 1. The van der Waals surface area contributed by atoms with Gasteiger partial charge in [0.2, 0.25) is 0 Å². The minimum absolute atomic E-state index is 0.0741. The number of hydrazone groups is 1. The molecule has 0 spiro atoms. The van der Waals surface area contributed by atoms with Crippen molar-refractivity contribution >= 4 is 75.4 Å². The molecule has 2 aromatic carbocycles. The van der Waals surface area contributed by atoms with Gasteiger partial charge in [0, 0.05) is 15.7 Å². The summed E-state index contributed by atoms with van der Waals surface area (Å²) in [5.74, 6) is -1.04. The summed E-state index contributed by atoms with van der Waals surface area (Å²) in [6, 6.07) is 11.3. The maximum Gasteiger partial charge on any atom is 0.329 e. The van der Waals surface area contributed by atoms with E-state index in [-0.39, 0.29) is 13.2 Å². The van der Waals surface area contributed by atoms with E-state index in [0.29, 0.717) is 42.1 Å². The Labute approximate surface area is 229 Å². The number of hydrogen-bond donors (Lipinski definition) is 3. The lowest BCUT2D eigenvalue weighted by molar-refractivity contribution is -0.139. The van der Waals surface area contributed by atoms with Crippen molar-refractivity contribution in [1.29, 1.82) is 0 Å². The first kappa shape index (κ1) is 27.3. The molecule has 188 valence electrons. The highest BCUT2D eigenvalue weighted by Gasteiger charge is 2.15. The molecular weight excluding hydrogens is 626 g/mol. The van der Waals surface area contributed by atoms with Crippen molar-refractivity contribution in [1.82, 2.24) is 10.7 Å². The van der Waals surface area contributed by atoms with Crippen LogP contribution in [0.3, 0.4) is 0 Å². The molecule has 0 aliphatic heterocycles. The van der Waals surface area contributed by atoms with Gasteiger partial charge in [-0.2, -0.15) is 5.10 Å². The Morgan fingerprint density at radius 2 is 1.86 bits per heavy atom. The molecule has 0 bridgehead atoms.